The first-order valence-electron chi connectivity index (χ1n) is 3.75. The minimum Gasteiger partial charge on any atom is -0.508 e. The molecule has 0 rings (SSSR count). The predicted octanol–water partition coefficient (Wildman–Crippen LogP) is 2.54. The molecule has 0 unspecified atom stereocenters. The Morgan fingerprint density at radius 3 is 2.25 bits per heavy atom. The second kappa shape index (κ2) is 5.35. The summed E-state index contributed by atoms with van der Waals surface area (Å²) >= 11 is 0. The van der Waals surface area contributed by atoms with Crippen LogP contribution >= 0.6 is 0 Å². The van der Waals surface area contributed by atoms with E-state index in [0.717, 1.165) is 5.57 Å². The molecule has 0 radical (unpaired) electrons. The quantitative estimate of drug-likeness (QED) is 0.397. The average molecular weight is 166 g/mol. The summed E-state index contributed by atoms with van der Waals surface area (Å²) < 4.78 is 0. The fourth-order valence-corrected chi connectivity index (χ4v) is 0.596. The maximum Gasteiger partial charge on any atom is 0.156 e. The van der Waals surface area contributed by atoms with Crippen molar-refractivity contribution < 1.29 is 9.90 Å². The molecule has 2 nitrogen and oxygen atoms in total. The molecule has 0 fully saturated rings. The highest BCUT2D eigenvalue weighted by Gasteiger charge is 1.87. The highest BCUT2D eigenvalue weighted by Crippen LogP contribution is 1.94. The lowest BCUT2D eigenvalue weighted by molar-refractivity contribution is -0.112. The van der Waals surface area contributed by atoms with E-state index in [2.05, 4.69) is 0 Å². The maximum absolute atomic E-state index is 10.5. The summed E-state index contributed by atoms with van der Waals surface area (Å²) in [7, 11) is 0. The van der Waals surface area contributed by atoms with E-state index in [1.54, 1.807) is 6.08 Å². The standard InChI is InChI=1S/C10H14O2/c1-8(2)5-4-6-10(12)7-9(3)11/h4-7,12H,1-3H3. The summed E-state index contributed by atoms with van der Waals surface area (Å²) in [5, 5.41) is 9.06. The molecule has 0 aliphatic heterocycles. The number of ketones is 1. The molecule has 0 saturated heterocycles. The van der Waals surface area contributed by atoms with Gasteiger partial charge in [0.15, 0.2) is 5.78 Å². The van der Waals surface area contributed by atoms with Gasteiger partial charge in [-0.25, -0.2) is 0 Å². The average Bonchev–Trinajstić information content (AvgIpc) is 1.84. The van der Waals surface area contributed by atoms with Crippen LogP contribution in [0.1, 0.15) is 20.8 Å². The molecule has 0 amide bonds. The first kappa shape index (κ1) is 10.7. The van der Waals surface area contributed by atoms with Crippen molar-refractivity contribution in [2.75, 3.05) is 0 Å². The summed E-state index contributed by atoms with van der Waals surface area (Å²) in [4.78, 5) is 10.5. The normalized spacial score (nSPS) is 11.8. The Morgan fingerprint density at radius 1 is 1.25 bits per heavy atom. The molecule has 12 heavy (non-hydrogen) atoms. The van der Waals surface area contributed by atoms with Gasteiger partial charge in [-0.2, -0.15) is 0 Å². The van der Waals surface area contributed by atoms with Gasteiger partial charge in [-0.05, 0) is 26.8 Å². The Kier molecular flexibility index (Phi) is 4.77. The molecule has 2 heteroatoms. The van der Waals surface area contributed by atoms with Crippen LogP contribution in [0.3, 0.4) is 0 Å². The molecule has 0 atom stereocenters. The molecule has 0 saturated carbocycles. The van der Waals surface area contributed by atoms with E-state index in [4.69, 9.17) is 5.11 Å². The number of carbonyl (C=O) groups is 1. The molecule has 0 heterocycles. The van der Waals surface area contributed by atoms with Crippen molar-refractivity contribution in [1.29, 1.82) is 0 Å². The van der Waals surface area contributed by atoms with Crippen LogP contribution in [0.15, 0.2) is 35.6 Å². The second-order valence-electron chi connectivity index (χ2n) is 2.78. The monoisotopic (exact) mass is 166 g/mol. The topological polar surface area (TPSA) is 37.3 Å². The first-order chi connectivity index (χ1) is 5.52. The molecule has 0 aromatic carbocycles. The van der Waals surface area contributed by atoms with Gasteiger partial charge in [0.05, 0.1) is 0 Å². The van der Waals surface area contributed by atoms with Gasteiger partial charge in [0.2, 0.25) is 0 Å². The Bertz CT molecular complexity index is 241. The fraction of sp³-hybridized carbons (Fsp3) is 0.300. The molecule has 0 aliphatic rings. The van der Waals surface area contributed by atoms with Gasteiger partial charge in [-0.3, -0.25) is 4.79 Å². The first-order valence-corrected chi connectivity index (χ1v) is 3.75. The molecule has 0 spiro atoms. The van der Waals surface area contributed by atoms with Crippen molar-refractivity contribution in [3.8, 4) is 0 Å². The lowest BCUT2D eigenvalue weighted by Gasteiger charge is -1.87. The highest BCUT2D eigenvalue weighted by atomic mass is 16.3. The zero-order valence-electron chi connectivity index (χ0n) is 7.66. The van der Waals surface area contributed by atoms with Gasteiger partial charge in [0.25, 0.3) is 0 Å². The molecular weight excluding hydrogens is 152 g/mol. The number of carbonyl (C=O) groups excluding carboxylic acids is 1. The molecular formula is C10H14O2. The number of allylic oxidation sites excluding steroid dienone is 5. The molecule has 0 aliphatic carbocycles. The minimum atomic E-state index is -0.158. The molecule has 0 aromatic heterocycles. The van der Waals surface area contributed by atoms with Gasteiger partial charge in [-0.1, -0.05) is 17.7 Å². The van der Waals surface area contributed by atoms with E-state index in [0.29, 0.717) is 0 Å². The minimum absolute atomic E-state index is 0.0139. The van der Waals surface area contributed by atoms with Crippen LogP contribution in [0, 0.1) is 0 Å². The third-order valence-corrected chi connectivity index (χ3v) is 1.05. The Morgan fingerprint density at radius 2 is 1.83 bits per heavy atom. The van der Waals surface area contributed by atoms with Crippen molar-refractivity contribution in [2.45, 2.75) is 20.8 Å². The zero-order chi connectivity index (χ0) is 9.56. The van der Waals surface area contributed by atoms with Gasteiger partial charge >= 0.3 is 0 Å². The maximum atomic E-state index is 10.5. The Labute approximate surface area is 72.9 Å². The third kappa shape index (κ3) is 6.81. The van der Waals surface area contributed by atoms with E-state index in [9.17, 15) is 4.79 Å². The van der Waals surface area contributed by atoms with E-state index in [1.807, 2.05) is 19.9 Å². The number of hydrogen-bond acceptors (Lipinski definition) is 2. The van der Waals surface area contributed by atoms with E-state index in [1.165, 1.54) is 19.1 Å². The number of hydrogen-bond donors (Lipinski definition) is 1. The van der Waals surface area contributed by atoms with E-state index >= 15 is 0 Å². The number of aliphatic hydroxyl groups excluding tert-OH is 1. The van der Waals surface area contributed by atoms with Crippen molar-refractivity contribution in [3.63, 3.8) is 0 Å². The summed E-state index contributed by atoms with van der Waals surface area (Å²) in [5.74, 6) is -0.172. The summed E-state index contributed by atoms with van der Waals surface area (Å²) in [6.07, 6.45) is 6.21. The van der Waals surface area contributed by atoms with Gasteiger partial charge in [-0.15, -0.1) is 0 Å². The third-order valence-electron chi connectivity index (χ3n) is 1.05. The molecule has 66 valence electrons. The van der Waals surface area contributed by atoms with Crippen molar-refractivity contribution in [2.24, 2.45) is 0 Å². The lowest BCUT2D eigenvalue weighted by atomic mass is 10.3. The van der Waals surface area contributed by atoms with Crippen LogP contribution in [0.25, 0.3) is 0 Å². The van der Waals surface area contributed by atoms with Crippen molar-refractivity contribution in [3.05, 3.63) is 35.6 Å². The summed E-state index contributed by atoms with van der Waals surface area (Å²) in [6.45, 7) is 5.30. The Balaban J connectivity index is 4.18. The molecule has 0 bridgehead atoms. The largest absolute Gasteiger partial charge is 0.508 e. The van der Waals surface area contributed by atoms with Crippen LogP contribution < -0.4 is 0 Å². The predicted molar refractivity (Wildman–Crippen MR) is 50.0 cm³/mol. The van der Waals surface area contributed by atoms with E-state index in [-0.39, 0.29) is 11.5 Å². The van der Waals surface area contributed by atoms with Crippen LogP contribution in [0.2, 0.25) is 0 Å². The molecule has 1 N–H and O–H groups in total. The van der Waals surface area contributed by atoms with Crippen molar-refractivity contribution >= 4 is 5.78 Å². The number of rotatable bonds is 3. The van der Waals surface area contributed by atoms with Crippen LogP contribution in [-0.2, 0) is 4.79 Å². The Hall–Kier alpha value is -1.31. The molecule has 0 aromatic rings. The second-order valence-corrected chi connectivity index (χ2v) is 2.78. The van der Waals surface area contributed by atoms with Gasteiger partial charge in [0, 0.05) is 6.08 Å². The smallest absolute Gasteiger partial charge is 0.156 e. The van der Waals surface area contributed by atoms with Crippen LogP contribution in [-0.4, -0.2) is 10.9 Å². The SMILES string of the molecule is CC(=O)C=C(O)C=CC=C(C)C. The van der Waals surface area contributed by atoms with Crippen LogP contribution in [0.5, 0.6) is 0 Å². The number of aliphatic hydroxyl groups is 1. The summed E-state index contributed by atoms with van der Waals surface area (Å²) in [6, 6.07) is 0. The summed E-state index contributed by atoms with van der Waals surface area (Å²) in [5.41, 5.74) is 1.14. The van der Waals surface area contributed by atoms with Crippen molar-refractivity contribution in [1.82, 2.24) is 0 Å². The lowest BCUT2D eigenvalue weighted by Crippen LogP contribution is -1.84. The van der Waals surface area contributed by atoms with E-state index < -0.39 is 0 Å². The van der Waals surface area contributed by atoms with Gasteiger partial charge in [0.1, 0.15) is 5.76 Å². The highest BCUT2D eigenvalue weighted by molar-refractivity contribution is 5.87. The van der Waals surface area contributed by atoms with Crippen LogP contribution in [0.4, 0.5) is 0 Å². The van der Waals surface area contributed by atoms with Gasteiger partial charge < -0.3 is 5.11 Å². The zero-order valence-corrected chi connectivity index (χ0v) is 7.66. The fourth-order valence-electron chi connectivity index (χ4n) is 0.596.